The number of phenolic OH excluding ortho intramolecular Hbond substituents is 1. The van der Waals surface area contributed by atoms with E-state index in [2.05, 4.69) is 26.8 Å². The Morgan fingerprint density at radius 1 is 1.03 bits per heavy atom. The van der Waals surface area contributed by atoms with Crippen molar-refractivity contribution in [3.05, 3.63) is 35.4 Å². The van der Waals surface area contributed by atoms with Gasteiger partial charge in [-0.3, -0.25) is 4.79 Å². The Morgan fingerprint density at radius 3 is 2.39 bits per heavy atom. The van der Waals surface area contributed by atoms with Crippen LogP contribution in [-0.2, 0) is 16.0 Å². The van der Waals surface area contributed by atoms with Crippen molar-refractivity contribution < 1.29 is 19.4 Å². The maximum Gasteiger partial charge on any atom is 0.161 e. The van der Waals surface area contributed by atoms with Crippen LogP contribution >= 0.6 is 0 Å². The van der Waals surface area contributed by atoms with Crippen LogP contribution in [0, 0.1) is 5.92 Å². The molecule has 1 atom stereocenters. The first-order chi connectivity index (χ1) is 17.5. The molecule has 1 N–H and O–H groups in total. The number of carbonyl (C=O) groups is 1. The molecule has 4 heteroatoms. The number of hydrogen-bond acceptors (Lipinski definition) is 4. The van der Waals surface area contributed by atoms with Crippen molar-refractivity contribution >= 4 is 5.78 Å². The Balaban J connectivity index is 1.79. The summed E-state index contributed by atoms with van der Waals surface area (Å²) in [6.07, 6.45) is 19.8. The fourth-order valence-electron chi connectivity index (χ4n) is 5.57. The Bertz CT molecular complexity index is 816. The van der Waals surface area contributed by atoms with Crippen LogP contribution in [0.3, 0.4) is 0 Å². The SMILES string of the molecule is CCCC=CC(=O)CCc1cc(OC2CCCC2)c(O)c(C(CCOC2CCCC2)CCC(C)C)c1. The van der Waals surface area contributed by atoms with Gasteiger partial charge in [0.15, 0.2) is 17.3 Å². The Labute approximate surface area is 219 Å². The van der Waals surface area contributed by atoms with E-state index in [9.17, 15) is 9.90 Å². The molecule has 0 amide bonds. The van der Waals surface area contributed by atoms with Gasteiger partial charge in [-0.2, -0.15) is 0 Å². The molecule has 0 aromatic heterocycles. The highest BCUT2D eigenvalue weighted by atomic mass is 16.5. The fraction of sp³-hybridized carbons (Fsp3) is 0.719. The smallest absolute Gasteiger partial charge is 0.161 e. The summed E-state index contributed by atoms with van der Waals surface area (Å²) in [5.74, 6) is 1.90. The second-order valence-electron chi connectivity index (χ2n) is 11.4. The van der Waals surface area contributed by atoms with Crippen molar-refractivity contribution in [2.24, 2.45) is 5.92 Å². The third kappa shape index (κ3) is 9.57. The summed E-state index contributed by atoms with van der Waals surface area (Å²) in [5.41, 5.74) is 2.06. The van der Waals surface area contributed by atoms with Gasteiger partial charge in [0.2, 0.25) is 0 Å². The summed E-state index contributed by atoms with van der Waals surface area (Å²) >= 11 is 0. The van der Waals surface area contributed by atoms with Gasteiger partial charge in [-0.25, -0.2) is 0 Å². The summed E-state index contributed by atoms with van der Waals surface area (Å²) in [7, 11) is 0. The molecule has 0 aliphatic heterocycles. The molecule has 202 valence electrons. The monoisotopic (exact) mass is 498 g/mol. The van der Waals surface area contributed by atoms with Crippen molar-refractivity contribution in [3.8, 4) is 11.5 Å². The van der Waals surface area contributed by atoms with Crippen molar-refractivity contribution in [3.63, 3.8) is 0 Å². The minimum atomic E-state index is 0.164. The highest BCUT2D eigenvalue weighted by Gasteiger charge is 2.24. The van der Waals surface area contributed by atoms with Crippen LogP contribution in [0.2, 0.25) is 0 Å². The van der Waals surface area contributed by atoms with Crippen LogP contribution in [0.4, 0.5) is 0 Å². The van der Waals surface area contributed by atoms with Crippen molar-refractivity contribution in [2.45, 2.75) is 135 Å². The molecule has 1 aromatic carbocycles. The van der Waals surface area contributed by atoms with E-state index in [-0.39, 0.29) is 17.8 Å². The van der Waals surface area contributed by atoms with Crippen LogP contribution < -0.4 is 4.74 Å². The van der Waals surface area contributed by atoms with Gasteiger partial charge in [0.25, 0.3) is 0 Å². The molecule has 0 saturated heterocycles. The predicted octanol–water partition coefficient (Wildman–Crippen LogP) is 8.44. The molecule has 1 unspecified atom stereocenters. The highest BCUT2D eigenvalue weighted by Crippen LogP contribution is 2.41. The fourth-order valence-corrected chi connectivity index (χ4v) is 5.57. The van der Waals surface area contributed by atoms with Gasteiger partial charge in [-0.05, 0) is 93.7 Å². The third-order valence-electron chi connectivity index (χ3n) is 7.83. The molecule has 2 saturated carbocycles. The second-order valence-corrected chi connectivity index (χ2v) is 11.4. The number of aryl methyl sites for hydroxylation is 1. The van der Waals surface area contributed by atoms with Crippen LogP contribution in [-0.4, -0.2) is 29.7 Å². The number of carbonyl (C=O) groups excluding carboxylic acids is 1. The molecule has 0 radical (unpaired) electrons. The molecular formula is C32H50O4. The van der Waals surface area contributed by atoms with E-state index in [0.717, 1.165) is 62.7 Å². The summed E-state index contributed by atoms with van der Waals surface area (Å²) in [4.78, 5) is 12.4. The van der Waals surface area contributed by atoms with Gasteiger partial charge in [-0.1, -0.05) is 58.6 Å². The van der Waals surface area contributed by atoms with Gasteiger partial charge in [0, 0.05) is 18.6 Å². The lowest BCUT2D eigenvalue weighted by Crippen LogP contribution is -2.14. The molecule has 0 bridgehead atoms. The predicted molar refractivity (Wildman–Crippen MR) is 148 cm³/mol. The first kappa shape index (κ1) is 28.8. The first-order valence-corrected chi connectivity index (χ1v) is 14.8. The van der Waals surface area contributed by atoms with Gasteiger partial charge < -0.3 is 14.6 Å². The second kappa shape index (κ2) is 15.4. The van der Waals surface area contributed by atoms with Gasteiger partial charge >= 0.3 is 0 Å². The average Bonchev–Trinajstić information content (AvgIpc) is 3.56. The summed E-state index contributed by atoms with van der Waals surface area (Å²) in [6.45, 7) is 7.37. The maximum absolute atomic E-state index is 12.4. The molecule has 2 fully saturated rings. The van der Waals surface area contributed by atoms with E-state index in [4.69, 9.17) is 9.47 Å². The number of phenols is 1. The zero-order valence-electron chi connectivity index (χ0n) is 23.1. The van der Waals surface area contributed by atoms with Gasteiger partial charge in [-0.15, -0.1) is 0 Å². The van der Waals surface area contributed by atoms with Crippen LogP contribution in [0.25, 0.3) is 0 Å². The summed E-state index contributed by atoms with van der Waals surface area (Å²) in [6, 6.07) is 4.12. The number of ether oxygens (including phenoxy) is 2. The zero-order chi connectivity index (χ0) is 25.8. The largest absolute Gasteiger partial charge is 0.504 e. The normalized spacial score (nSPS) is 18.0. The number of unbranched alkanes of at least 4 members (excludes halogenated alkanes) is 1. The van der Waals surface area contributed by atoms with E-state index >= 15 is 0 Å². The number of ketones is 1. The van der Waals surface area contributed by atoms with Gasteiger partial charge in [0.05, 0.1) is 12.2 Å². The Kier molecular flexibility index (Phi) is 12.3. The minimum Gasteiger partial charge on any atom is -0.504 e. The van der Waals surface area contributed by atoms with Crippen LogP contribution in [0.1, 0.15) is 128 Å². The van der Waals surface area contributed by atoms with Gasteiger partial charge in [0.1, 0.15) is 0 Å². The Hall–Kier alpha value is -1.81. The Morgan fingerprint density at radius 2 is 1.72 bits per heavy atom. The van der Waals surface area contributed by atoms with E-state index in [0.29, 0.717) is 36.4 Å². The number of rotatable bonds is 16. The molecule has 2 aliphatic rings. The summed E-state index contributed by atoms with van der Waals surface area (Å²) in [5, 5.41) is 11.4. The third-order valence-corrected chi connectivity index (χ3v) is 7.83. The first-order valence-electron chi connectivity index (χ1n) is 14.8. The topological polar surface area (TPSA) is 55.8 Å². The standard InChI is InChI=1S/C32H50O4/c1-4-5-6-11-27(33)19-17-25-22-30(32(34)31(23-25)36-29-14-9-10-15-29)26(18-16-24(2)3)20-21-35-28-12-7-8-13-28/h6,11,22-24,26,28-29,34H,4-5,7-10,12-21H2,1-3H3. The number of aromatic hydroxyl groups is 1. The summed E-state index contributed by atoms with van der Waals surface area (Å²) < 4.78 is 12.6. The average molecular weight is 499 g/mol. The van der Waals surface area contributed by atoms with E-state index in [1.54, 1.807) is 6.08 Å². The molecule has 3 rings (SSSR count). The quantitative estimate of drug-likeness (QED) is 0.232. The van der Waals surface area contributed by atoms with E-state index in [1.807, 2.05) is 12.1 Å². The minimum absolute atomic E-state index is 0.164. The molecule has 4 nitrogen and oxygen atoms in total. The van der Waals surface area contributed by atoms with Crippen molar-refractivity contribution in [1.29, 1.82) is 0 Å². The molecule has 36 heavy (non-hydrogen) atoms. The highest BCUT2D eigenvalue weighted by molar-refractivity contribution is 5.89. The van der Waals surface area contributed by atoms with Crippen molar-refractivity contribution in [1.82, 2.24) is 0 Å². The molecule has 0 heterocycles. The van der Waals surface area contributed by atoms with Crippen molar-refractivity contribution in [2.75, 3.05) is 6.61 Å². The number of hydrogen-bond donors (Lipinski definition) is 1. The molecule has 0 spiro atoms. The lowest BCUT2D eigenvalue weighted by molar-refractivity contribution is -0.114. The lowest BCUT2D eigenvalue weighted by Gasteiger charge is -2.24. The number of allylic oxidation sites excluding steroid dienone is 2. The molecule has 2 aliphatic carbocycles. The zero-order valence-corrected chi connectivity index (χ0v) is 23.1. The molecule has 1 aromatic rings. The van der Waals surface area contributed by atoms with Crippen LogP contribution in [0.15, 0.2) is 24.3 Å². The van der Waals surface area contributed by atoms with E-state index in [1.165, 1.54) is 38.5 Å². The molecular weight excluding hydrogens is 448 g/mol. The van der Waals surface area contributed by atoms with Crippen LogP contribution in [0.5, 0.6) is 11.5 Å². The number of benzene rings is 1. The maximum atomic E-state index is 12.4. The lowest BCUT2D eigenvalue weighted by atomic mass is 9.86. The van der Waals surface area contributed by atoms with E-state index < -0.39 is 0 Å².